The summed E-state index contributed by atoms with van der Waals surface area (Å²) in [7, 11) is 1.29. The highest BCUT2D eigenvalue weighted by Crippen LogP contribution is 2.30. The van der Waals surface area contributed by atoms with Crippen LogP contribution in [-0.4, -0.2) is 18.1 Å². The number of furan rings is 1. The van der Waals surface area contributed by atoms with Gasteiger partial charge in [0.15, 0.2) is 4.67 Å². The van der Waals surface area contributed by atoms with Gasteiger partial charge >= 0.3 is 5.97 Å². The summed E-state index contributed by atoms with van der Waals surface area (Å²) in [6, 6.07) is 1.65. The fourth-order valence-electron chi connectivity index (χ4n) is 1.18. The van der Waals surface area contributed by atoms with Crippen LogP contribution in [0.15, 0.2) is 21.3 Å². The van der Waals surface area contributed by atoms with E-state index in [0.717, 1.165) is 0 Å². The summed E-state index contributed by atoms with van der Waals surface area (Å²) in [6.45, 7) is 0. The number of hydrogen-bond donors (Lipinski definition) is 0. The molecular weight excluding hydrogens is 285 g/mol. The first-order valence-electron chi connectivity index (χ1n) is 3.95. The Labute approximate surface area is 98.3 Å². The first kappa shape index (κ1) is 10.4. The molecule has 2 aromatic rings. The van der Waals surface area contributed by atoms with Gasteiger partial charge in [0.1, 0.15) is 0 Å². The zero-order chi connectivity index (χ0) is 11.0. The van der Waals surface area contributed by atoms with Crippen molar-refractivity contribution in [3.63, 3.8) is 0 Å². The Bertz CT molecular complexity index is 537. The van der Waals surface area contributed by atoms with Crippen molar-refractivity contribution in [1.29, 1.82) is 0 Å². The Morgan fingerprint density at radius 2 is 2.40 bits per heavy atom. The van der Waals surface area contributed by atoms with Crippen LogP contribution in [0.3, 0.4) is 0 Å². The van der Waals surface area contributed by atoms with Crippen molar-refractivity contribution in [2.24, 2.45) is 0 Å². The van der Waals surface area contributed by atoms with Crippen molar-refractivity contribution in [3.05, 3.63) is 27.5 Å². The third-order valence-corrected chi connectivity index (χ3v) is 2.67. The molecule has 0 N–H and O–H groups in total. The van der Waals surface area contributed by atoms with Crippen LogP contribution in [0.25, 0.3) is 11.1 Å². The van der Waals surface area contributed by atoms with Crippen LogP contribution >= 0.6 is 27.5 Å². The normalized spacial score (nSPS) is 10.6. The number of methoxy groups -OCH3 is 1. The van der Waals surface area contributed by atoms with Gasteiger partial charge in [-0.3, -0.25) is 0 Å². The topological polar surface area (TPSA) is 52.3 Å². The molecule has 0 atom stereocenters. The quantitative estimate of drug-likeness (QED) is 0.758. The molecular formula is C9H5BrClNO3. The van der Waals surface area contributed by atoms with Crippen molar-refractivity contribution in [2.45, 2.75) is 0 Å². The van der Waals surface area contributed by atoms with Crippen molar-refractivity contribution in [1.82, 2.24) is 4.98 Å². The van der Waals surface area contributed by atoms with E-state index in [2.05, 4.69) is 25.7 Å². The molecule has 4 nitrogen and oxygen atoms in total. The SMILES string of the molecule is COC(=O)c1cnc2oc(Br)cc2c1Cl. The van der Waals surface area contributed by atoms with Gasteiger partial charge in [-0.15, -0.1) is 0 Å². The Kier molecular flexibility index (Phi) is 2.67. The highest BCUT2D eigenvalue weighted by atomic mass is 79.9. The summed E-state index contributed by atoms with van der Waals surface area (Å²) in [5, 5.41) is 0.854. The number of esters is 1. The van der Waals surface area contributed by atoms with Crippen molar-refractivity contribution < 1.29 is 13.9 Å². The molecule has 0 bridgehead atoms. The lowest BCUT2D eigenvalue weighted by Crippen LogP contribution is -2.02. The summed E-state index contributed by atoms with van der Waals surface area (Å²) in [6.07, 6.45) is 1.33. The number of carbonyl (C=O) groups is 1. The number of pyridine rings is 1. The van der Waals surface area contributed by atoms with Gasteiger partial charge in [0.25, 0.3) is 0 Å². The smallest absolute Gasteiger partial charge is 0.340 e. The maximum absolute atomic E-state index is 11.3. The summed E-state index contributed by atoms with van der Waals surface area (Å²) in [4.78, 5) is 15.2. The van der Waals surface area contributed by atoms with E-state index in [0.29, 0.717) is 15.8 Å². The van der Waals surface area contributed by atoms with E-state index in [1.54, 1.807) is 6.07 Å². The second-order valence-electron chi connectivity index (χ2n) is 2.75. The third kappa shape index (κ3) is 1.72. The summed E-state index contributed by atoms with van der Waals surface area (Å²) in [5.41, 5.74) is 0.597. The first-order valence-corrected chi connectivity index (χ1v) is 5.12. The molecule has 0 aliphatic rings. The van der Waals surface area contributed by atoms with Gasteiger partial charge in [-0.1, -0.05) is 11.6 Å². The second-order valence-corrected chi connectivity index (χ2v) is 3.91. The number of halogens is 2. The molecule has 0 spiro atoms. The predicted octanol–water partition coefficient (Wildman–Crippen LogP) is 3.03. The van der Waals surface area contributed by atoms with Gasteiger partial charge in [0.05, 0.1) is 23.1 Å². The molecule has 15 heavy (non-hydrogen) atoms. The molecule has 0 aromatic carbocycles. The first-order chi connectivity index (χ1) is 7.13. The highest BCUT2D eigenvalue weighted by molar-refractivity contribution is 9.10. The van der Waals surface area contributed by atoms with E-state index in [1.165, 1.54) is 13.3 Å². The lowest BCUT2D eigenvalue weighted by Gasteiger charge is -2.00. The number of fused-ring (bicyclic) bond motifs is 1. The lowest BCUT2D eigenvalue weighted by atomic mass is 10.2. The van der Waals surface area contributed by atoms with Crippen LogP contribution < -0.4 is 0 Å². The van der Waals surface area contributed by atoms with Crippen molar-refractivity contribution in [3.8, 4) is 0 Å². The number of aromatic nitrogens is 1. The minimum atomic E-state index is -0.522. The zero-order valence-corrected chi connectivity index (χ0v) is 9.92. The van der Waals surface area contributed by atoms with Gasteiger partial charge in [-0.2, -0.15) is 0 Å². The lowest BCUT2D eigenvalue weighted by molar-refractivity contribution is 0.0600. The van der Waals surface area contributed by atoms with E-state index >= 15 is 0 Å². The van der Waals surface area contributed by atoms with E-state index in [9.17, 15) is 4.79 Å². The average Bonchev–Trinajstić information content (AvgIpc) is 2.59. The molecule has 0 saturated carbocycles. The minimum absolute atomic E-state index is 0.222. The number of ether oxygens (including phenoxy) is 1. The van der Waals surface area contributed by atoms with Gasteiger partial charge in [-0.05, 0) is 15.9 Å². The Hall–Kier alpha value is -1.07. The summed E-state index contributed by atoms with van der Waals surface area (Å²) < 4.78 is 10.3. The van der Waals surface area contributed by atoms with E-state index < -0.39 is 5.97 Å². The van der Waals surface area contributed by atoms with Crippen LogP contribution in [-0.2, 0) is 4.74 Å². The number of carbonyl (C=O) groups excluding carboxylic acids is 1. The molecule has 2 rings (SSSR count). The van der Waals surface area contributed by atoms with Gasteiger partial charge in [0, 0.05) is 12.3 Å². The summed E-state index contributed by atoms with van der Waals surface area (Å²) >= 11 is 9.16. The monoisotopic (exact) mass is 289 g/mol. The second kappa shape index (κ2) is 3.83. The molecule has 0 unspecified atom stereocenters. The maximum atomic E-state index is 11.3. The van der Waals surface area contributed by atoms with Crippen LogP contribution in [0.2, 0.25) is 5.02 Å². The van der Waals surface area contributed by atoms with Crippen molar-refractivity contribution in [2.75, 3.05) is 7.11 Å². The Morgan fingerprint density at radius 3 is 3.07 bits per heavy atom. The molecule has 0 fully saturated rings. The predicted molar refractivity (Wildman–Crippen MR) is 58.1 cm³/mol. The Balaban J connectivity index is 2.69. The molecule has 0 radical (unpaired) electrons. The molecule has 78 valence electrons. The number of hydrogen-bond acceptors (Lipinski definition) is 4. The third-order valence-electron chi connectivity index (χ3n) is 1.87. The van der Waals surface area contributed by atoms with Gasteiger partial charge in [0.2, 0.25) is 5.71 Å². The molecule has 6 heteroatoms. The summed E-state index contributed by atoms with van der Waals surface area (Å²) in [5.74, 6) is -0.522. The average molecular weight is 290 g/mol. The largest absolute Gasteiger partial charge is 0.465 e. The maximum Gasteiger partial charge on any atom is 0.340 e. The van der Waals surface area contributed by atoms with Crippen LogP contribution in [0, 0.1) is 0 Å². The van der Waals surface area contributed by atoms with Crippen molar-refractivity contribution >= 4 is 44.6 Å². The fraction of sp³-hybridized carbons (Fsp3) is 0.111. The zero-order valence-electron chi connectivity index (χ0n) is 7.58. The fourth-order valence-corrected chi connectivity index (χ4v) is 1.83. The van der Waals surface area contributed by atoms with E-state index in [-0.39, 0.29) is 10.6 Å². The molecule has 0 aliphatic heterocycles. The van der Waals surface area contributed by atoms with Gasteiger partial charge < -0.3 is 9.15 Å². The standard InChI is InChI=1S/C9H5BrClNO3/c1-14-9(13)5-3-12-8-4(7(5)11)2-6(10)15-8/h2-3H,1H3. The number of nitrogens with zero attached hydrogens (tertiary/aromatic N) is 1. The van der Waals surface area contributed by atoms with E-state index in [4.69, 9.17) is 16.0 Å². The van der Waals surface area contributed by atoms with Gasteiger partial charge in [-0.25, -0.2) is 9.78 Å². The van der Waals surface area contributed by atoms with E-state index in [1.807, 2.05) is 0 Å². The molecule has 2 heterocycles. The van der Waals surface area contributed by atoms with Crippen LogP contribution in [0.5, 0.6) is 0 Å². The molecule has 0 aliphatic carbocycles. The van der Waals surface area contributed by atoms with Crippen LogP contribution in [0.4, 0.5) is 0 Å². The Morgan fingerprint density at radius 1 is 1.67 bits per heavy atom. The van der Waals surface area contributed by atoms with Crippen LogP contribution in [0.1, 0.15) is 10.4 Å². The molecule has 2 aromatic heterocycles. The molecule has 0 saturated heterocycles. The number of rotatable bonds is 1. The minimum Gasteiger partial charge on any atom is -0.465 e. The molecule has 0 amide bonds. The highest BCUT2D eigenvalue weighted by Gasteiger charge is 2.16.